The summed E-state index contributed by atoms with van der Waals surface area (Å²) in [4.78, 5) is 9.69. The minimum absolute atomic E-state index is 0. The van der Waals surface area contributed by atoms with Crippen LogP contribution in [0.15, 0.2) is 4.99 Å². The van der Waals surface area contributed by atoms with Crippen molar-refractivity contribution in [3.63, 3.8) is 0 Å². The average molecular weight is 442 g/mol. The largest absolute Gasteiger partial charge is 0.379 e. The van der Waals surface area contributed by atoms with Crippen molar-refractivity contribution in [2.24, 2.45) is 4.99 Å². The van der Waals surface area contributed by atoms with Crippen molar-refractivity contribution in [3.8, 4) is 0 Å². The second-order valence-electron chi connectivity index (χ2n) is 6.22. The highest BCUT2D eigenvalue weighted by Crippen LogP contribution is 2.29. The number of guanidine groups is 1. The first-order valence-electron chi connectivity index (χ1n) is 8.08. The van der Waals surface area contributed by atoms with E-state index in [2.05, 4.69) is 47.6 Å². The number of nitrogens with zero attached hydrogens (tertiary/aromatic N) is 3. The van der Waals surface area contributed by atoms with Crippen LogP contribution >= 0.6 is 35.7 Å². The molecular weight excluding hydrogens is 411 g/mol. The van der Waals surface area contributed by atoms with Crippen LogP contribution < -0.4 is 5.32 Å². The van der Waals surface area contributed by atoms with Crippen LogP contribution in [0.4, 0.5) is 0 Å². The Morgan fingerprint density at radius 3 is 2.64 bits per heavy atom. The number of morpholine rings is 1. The maximum Gasteiger partial charge on any atom is 0.194 e. The lowest BCUT2D eigenvalue weighted by Crippen LogP contribution is -2.51. The predicted molar refractivity (Wildman–Crippen MR) is 107 cm³/mol. The summed E-state index contributed by atoms with van der Waals surface area (Å²) >= 11 is 2.06. The van der Waals surface area contributed by atoms with Crippen LogP contribution in [0.1, 0.15) is 20.8 Å². The Kier molecular flexibility index (Phi) is 9.42. The van der Waals surface area contributed by atoms with E-state index in [1.54, 1.807) is 0 Å². The maximum atomic E-state index is 5.38. The zero-order valence-corrected chi connectivity index (χ0v) is 17.3. The second kappa shape index (κ2) is 10.2. The van der Waals surface area contributed by atoms with Crippen LogP contribution in [0.5, 0.6) is 0 Å². The number of nitrogens with one attached hydrogen (secondary N) is 1. The molecule has 2 fully saturated rings. The standard InChI is InChI=1S/C15H30N4OS.HI/c1-4-16-14(19-9-12-21-15(2,3)13-19)17-5-6-18-7-10-20-11-8-18;/h4-13H2,1-3H3,(H,16,17);1H. The van der Waals surface area contributed by atoms with Gasteiger partial charge in [-0.2, -0.15) is 11.8 Å². The fourth-order valence-electron chi connectivity index (χ4n) is 2.75. The normalized spacial score (nSPS) is 23.0. The van der Waals surface area contributed by atoms with Gasteiger partial charge in [0.1, 0.15) is 0 Å². The quantitative estimate of drug-likeness (QED) is 0.408. The van der Waals surface area contributed by atoms with Crippen LogP contribution in [0.3, 0.4) is 0 Å². The highest BCUT2D eigenvalue weighted by molar-refractivity contribution is 14.0. The first-order chi connectivity index (χ1) is 10.1. The molecule has 2 rings (SSSR count). The van der Waals surface area contributed by atoms with Gasteiger partial charge in [-0.3, -0.25) is 9.89 Å². The summed E-state index contributed by atoms with van der Waals surface area (Å²) in [5.41, 5.74) is 0. The lowest BCUT2D eigenvalue weighted by molar-refractivity contribution is 0.0394. The van der Waals surface area contributed by atoms with Crippen molar-refractivity contribution in [2.75, 3.05) is 64.8 Å². The molecule has 0 radical (unpaired) electrons. The second-order valence-corrected chi connectivity index (χ2v) is 8.02. The van der Waals surface area contributed by atoms with E-state index in [-0.39, 0.29) is 24.0 Å². The van der Waals surface area contributed by atoms with Crippen LogP contribution in [-0.4, -0.2) is 85.3 Å². The monoisotopic (exact) mass is 442 g/mol. The Bertz CT molecular complexity index is 348. The topological polar surface area (TPSA) is 40.1 Å². The zero-order valence-electron chi connectivity index (χ0n) is 14.1. The molecule has 2 saturated heterocycles. The molecule has 0 aliphatic carbocycles. The molecule has 0 aromatic heterocycles. The summed E-state index contributed by atoms with van der Waals surface area (Å²) < 4.78 is 5.70. The molecule has 2 aliphatic heterocycles. The summed E-state index contributed by atoms with van der Waals surface area (Å²) in [6.07, 6.45) is 0. The predicted octanol–water partition coefficient (Wildman–Crippen LogP) is 1.73. The van der Waals surface area contributed by atoms with E-state index in [1.807, 2.05) is 0 Å². The molecule has 0 amide bonds. The third kappa shape index (κ3) is 6.80. The molecule has 5 nitrogen and oxygen atoms in total. The lowest BCUT2D eigenvalue weighted by Gasteiger charge is -2.39. The van der Waals surface area contributed by atoms with E-state index >= 15 is 0 Å². The van der Waals surface area contributed by atoms with E-state index in [0.717, 1.165) is 65.0 Å². The van der Waals surface area contributed by atoms with Gasteiger partial charge in [0.05, 0.1) is 19.8 Å². The molecule has 22 heavy (non-hydrogen) atoms. The number of rotatable bonds is 4. The van der Waals surface area contributed by atoms with E-state index in [1.165, 1.54) is 5.75 Å². The summed E-state index contributed by atoms with van der Waals surface area (Å²) in [6, 6.07) is 0. The van der Waals surface area contributed by atoms with Gasteiger partial charge < -0.3 is 15.0 Å². The van der Waals surface area contributed by atoms with E-state index in [0.29, 0.717) is 4.75 Å². The number of hydrogen-bond donors (Lipinski definition) is 1. The van der Waals surface area contributed by atoms with Gasteiger partial charge in [-0.15, -0.1) is 24.0 Å². The zero-order chi connectivity index (χ0) is 15.1. The van der Waals surface area contributed by atoms with Crippen molar-refractivity contribution in [1.82, 2.24) is 15.1 Å². The van der Waals surface area contributed by atoms with Gasteiger partial charge >= 0.3 is 0 Å². The third-order valence-corrected chi connectivity index (χ3v) is 5.14. The summed E-state index contributed by atoms with van der Waals surface area (Å²) in [5.74, 6) is 2.26. The molecular formula is C15H31IN4OS. The van der Waals surface area contributed by atoms with Gasteiger partial charge in [-0.05, 0) is 20.8 Å². The van der Waals surface area contributed by atoms with Crippen LogP contribution in [-0.2, 0) is 4.74 Å². The third-order valence-electron chi connectivity index (χ3n) is 3.84. The summed E-state index contributed by atoms with van der Waals surface area (Å²) in [7, 11) is 0. The SMILES string of the molecule is CCNC(=NCCN1CCOCC1)N1CCSC(C)(C)C1.I. The van der Waals surface area contributed by atoms with Gasteiger partial charge in [-0.25, -0.2) is 0 Å². The van der Waals surface area contributed by atoms with Crippen molar-refractivity contribution in [2.45, 2.75) is 25.5 Å². The molecule has 0 atom stereocenters. The Hall–Kier alpha value is 0.270. The Balaban J connectivity index is 0.00000242. The fraction of sp³-hybridized carbons (Fsp3) is 0.933. The van der Waals surface area contributed by atoms with Crippen molar-refractivity contribution in [3.05, 3.63) is 0 Å². The number of ether oxygens (including phenoxy) is 1. The molecule has 0 spiro atoms. The first kappa shape index (κ1) is 20.3. The van der Waals surface area contributed by atoms with Crippen LogP contribution in [0, 0.1) is 0 Å². The minimum atomic E-state index is 0. The number of halogens is 1. The number of aliphatic imine (C=N–C) groups is 1. The molecule has 7 heteroatoms. The van der Waals surface area contributed by atoms with Crippen molar-refractivity contribution < 1.29 is 4.74 Å². The van der Waals surface area contributed by atoms with Gasteiger partial charge in [-0.1, -0.05) is 0 Å². The molecule has 130 valence electrons. The molecule has 0 saturated carbocycles. The van der Waals surface area contributed by atoms with Gasteiger partial charge in [0.15, 0.2) is 5.96 Å². The fourth-order valence-corrected chi connectivity index (χ4v) is 3.86. The average Bonchev–Trinajstić information content (AvgIpc) is 2.46. The highest BCUT2D eigenvalue weighted by Gasteiger charge is 2.28. The van der Waals surface area contributed by atoms with Gasteiger partial charge in [0, 0.05) is 49.8 Å². The molecule has 0 unspecified atom stereocenters. The number of hydrogen-bond acceptors (Lipinski definition) is 4. The molecule has 0 aromatic rings. The van der Waals surface area contributed by atoms with Crippen LogP contribution in [0.2, 0.25) is 0 Å². The van der Waals surface area contributed by atoms with Gasteiger partial charge in [0.25, 0.3) is 0 Å². The Labute approximate surface area is 156 Å². The molecule has 2 aliphatic rings. The maximum absolute atomic E-state index is 5.38. The van der Waals surface area contributed by atoms with E-state index < -0.39 is 0 Å². The Morgan fingerprint density at radius 1 is 1.27 bits per heavy atom. The highest BCUT2D eigenvalue weighted by atomic mass is 127. The smallest absolute Gasteiger partial charge is 0.194 e. The molecule has 0 aromatic carbocycles. The van der Waals surface area contributed by atoms with E-state index in [9.17, 15) is 0 Å². The van der Waals surface area contributed by atoms with E-state index in [4.69, 9.17) is 9.73 Å². The molecule has 0 bridgehead atoms. The molecule has 2 heterocycles. The minimum Gasteiger partial charge on any atom is -0.379 e. The lowest BCUT2D eigenvalue weighted by atomic mass is 10.2. The molecule has 1 N–H and O–H groups in total. The first-order valence-corrected chi connectivity index (χ1v) is 9.06. The number of thioether (sulfide) groups is 1. The van der Waals surface area contributed by atoms with Crippen molar-refractivity contribution >= 4 is 41.7 Å². The van der Waals surface area contributed by atoms with Gasteiger partial charge in [0.2, 0.25) is 0 Å². The van der Waals surface area contributed by atoms with Crippen molar-refractivity contribution in [1.29, 1.82) is 0 Å². The summed E-state index contributed by atoms with van der Waals surface area (Å²) in [5, 5.41) is 3.45. The summed E-state index contributed by atoms with van der Waals surface area (Å²) in [6.45, 7) is 15.6. The Morgan fingerprint density at radius 2 is 2.00 bits per heavy atom. The van der Waals surface area contributed by atoms with Crippen LogP contribution in [0.25, 0.3) is 0 Å².